The van der Waals surface area contributed by atoms with Crippen molar-refractivity contribution in [1.82, 2.24) is 4.90 Å². The van der Waals surface area contributed by atoms with Crippen molar-refractivity contribution in [3.63, 3.8) is 0 Å². The van der Waals surface area contributed by atoms with Gasteiger partial charge < -0.3 is 10.0 Å². The lowest BCUT2D eigenvalue weighted by Crippen LogP contribution is -2.54. The van der Waals surface area contributed by atoms with Crippen LogP contribution in [0.4, 0.5) is 5.69 Å². The fourth-order valence-electron chi connectivity index (χ4n) is 3.65. The summed E-state index contributed by atoms with van der Waals surface area (Å²) in [6.45, 7) is 6.46. The highest BCUT2D eigenvalue weighted by molar-refractivity contribution is 5.48. The lowest BCUT2D eigenvalue weighted by Gasteiger charge is -2.43. The predicted octanol–water partition coefficient (Wildman–Crippen LogP) is 2.42. The van der Waals surface area contributed by atoms with Gasteiger partial charge in [-0.15, -0.1) is 0 Å². The number of rotatable bonds is 2. The van der Waals surface area contributed by atoms with Gasteiger partial charge in [0.05, 0.1) is 6.10 Å². The number of nitrogens with zero attached hydrogens (tertiary/aromatic N) is 2. The van der Waals surface area contributed by atoms with Gasteiger partial charge in [0.2, 0.25) is 0 Å². The van der Waals surface area contributed by atoms with E-state index >= 15 is 0 Å². The first-order valence-electron chi connectivity index (χ1n) is 7.98. The van der Waals surface area contributed by atoms with Gasteiger partial charge in [-0.2, -0.15) is 0 Å². The second-order valence-corrected chi connectivity index (χ2v) is 6.28. The number of benzene rings is 1. The highest BCUT2D eigenvalue weighted by Crippen LogP contribution is 2.25. The molecule has 0 spiro atoms. The standard InChI is InChI=1S/C17H26N2O/c1-14-5-4-6-15(13-14)18-9-11-19(12-10-18)16-7-2-3-8-17(16)20/h4-6,13,16-17,20H,2-3,7-12H2,1H3/t16-,17-/m1/s1. The molecule has 1 saturated heterocycles. The first-order valence-corrected chi connectivity index (χ1v) is 7.98. The minimum atomic E-state index is -0.103. The Bertz CT molecular complexity index is 440. The molecule has 0 aromatic heterocycles. The maximum absolute atomic E-state index is 10.2. The quantitative estimate of drug-likeness (QED) is 0.897. The second kappa shape index (κ2) is 6.15. The van der Waals surface area contributed by atoms with Crippen molar-refractivity contribution in [3.05, 3.63) is 29.8 Å². The average Bonchev–Trinajstić information content (AvgIpc) is 2.48. The number of piperazine rings is 1. The highest BCUT2D eigenvalue weighted by atomic mass is 16.3. The Labute approximate surface area is 122 Å². The topological polar surface area (TPSA) is 26.7 Å². The highest BCUT2D eigenvalue weighted by Gasteiger charge is 2.30. The van der Waals surface area contributed by atoms with E-state index in [0.717, 1.165) is 32.6 Å². The summed E-state index contributed by atoms with van der Waals surface area (Å²) in [5.41, 5.74) is 2.67. The van der Waals surface area contributed by atoms with Crippen LogP contribution in [-0.4, -0.2) is 48.3 Å². The summed E-state index contributed by atoms with van der Waals surface area (Å²) in [4.78, 5) is 4.98. The van der Waals surface area contributed by atoms with Crippen LogP contribution in [0.15, 0.2) is 24.3 Å². The summed E-state index contributed by atoms with van der Waals surface area (Å²) < 4.78 is 0. The maximum Gasteiger partial charge on any atom is 0.0695 e. The maximum atomic E-state index is 10.2. The van der Waals surface area contributed by atoms with E-state index in [1.807, 2.05) is 0 Å². The van der Waals surface area contributed by atoms with Gasteiger partial charge in [0.1, 0.15) is 0 Å². The Morgan fingerprint density at radius 1 is 1.05 bits per heavy atom. The molecule has 2 fully saturated rings. The molecular formula is C17H26N2O. The molecule has 1 saturated carbocycles. The van der Waals surface area contributed by atoms with Crippen molar-refractivity contribution in [2.24, 2.45) is 0 Å². The number of hydrogen-bond donors (Lipinski definition) is 1. The summed E-state index contributed by atoms with van der Waals surface area (Å²) in [7, 11) is 0. The van der Waals surface area contributed by atoms with Crippen LogP contribution in [0.2, 0.25) is 0 Å². The number of aryl methyl sites for hydroxylation is 1. The van der Waals surface area contributed by atoms with E-state index in [0.29, 0.717) is 6.04 Å². The molecule has 1 aliphatic carbocycles. The number of aliphatic hydroxyl groups is 1. The molecule has 1 N–H and O–H groups in total. The molecule has 3 rings (SSSR count). The minimum Gasteiger partial charge on any atom is -0.391 e. The Hall–Kier alpha value is -1.06. The lowest BCUT2D eigenvalue weighted by molar-refractivity contribution is 0.0173. The number of aliphatic hydroxyl groups excluding tert-OH is 1. The molecule has 1 aromatic rings. The Kier molecular flexibility index (Phi) is 4.27. The van der Waals surface area contributed by atoms with E-state index in [1.165, 1.54) is 30.5 Å². The van der Waals surface area contributed by atoms with Crippen LogP contribution in [0.25, 0.3) is 0 Å². The van der Waals surface area contributed by atoms with Crippen molar-refractivity contribution in [2.75, 3.05) is 31.1 Å². The molecule has 2 aliphatic rings. The molecule has 20 heavy (non-hydrogen) atoms. The fourth-order valence-corrected chi connectivity index (χ4v) is 3.65. The Morgan fingerprint density at radius 3 is 2.50 bits per heavy atom. The summed E-state index contributed by atoms with van der Waals surface area (Å²) >= 11 is 0. The zero-order valence-electron chi connectivity index (χ0n) is 12.5. The van der Waals surface area contributed by atoms with Gasteiger partial charge in [-0.05, 0) is 37.5 Å². The second-order valence-electron chi connectivity index (χ2n) is 6.28. The van der Waals surface area contributed by atoms with Gasteiger partial charge in [-0.3, -0.25) is 4.90 Å². The van der Waals surface area contributed by atoms with Crippen LogP contribution >= 0.6 is 0 Å². The SMILES string of the molecule is Cc1cccc(N2CCN([C@@H]3CCCC[C@H]3O)CC2)c1. The summed E-state index contributed by atoms with van der Waals surface area (Å²) in [6, 6.07) is 9.17. The molecule has 3 nitrogen and oxygen atoms in total. The van der Waals surface area contributed by atoms with E-state index in [2.05, 4.69) is 41.0 Å². The predicted molar refractivity (Wildman–Crippen MR) is 83.2 cm³/mol. The molecule has 1 aliphatic heterocycles. The smallest absolute Gasteiger partial charge is 0.0695 e. The molecular weight excluding hydrogens is 248 g/mol. The van der Waals surface area contributed by atoms with E-state index in [9.17, 15) is 5.11 Å². The lowest BCUT2D eigenvalue weighted by atomic mass is 9.91. The first kappa shape index (κ1) is 13.9. The molecule has 3 heteroatoms. The minimum absolute atomic E-state index is 0.103. The zero-order valence-corrected chi connectivity index (χ0v) is 12.5. The zero-order chi connectivity index (χ0) is 13.9. The fraction of sp³-hybridized carbons (Fsp3) is 0.647. The Morgan fingerprint density at radius 2 is 1.80 bits per heavy atom. The molecule has 2 atom stereocenters. The molecule has 0 bridgehead atoms. The third-order valence-corrected chi connectivity index (χ3v) is 4.84. The molecule has 1 aromatic carbocycles. The Balaban J connectivity index is 1.59. The van der Waals surface area contributed by atoms with Gasteiger partial charge >= 0.3 is 0 Å². The van der Waals surface area contributed by atoms with Crippen LogP contribution in [0.1, 0.15) is 31.2 Å². The molecule has 110 valence electrons. The van der Waals surface area contributed by atoms with E-state index in [-0.39, 0.29) is 6.10 Å². The molecule has 0 radical (unpaired) electrons. The van der Waals surface area contributed by atoms with Crippen LogP contribution < -0.4 is 4.90 Å². The van der Waals surface area contributed by atoms with Gasteiger partial charge in [-0.25, -0.2) is 0 Å². The monoisotopic (exact) mass is 274 g/mol. The molecule has 0 unspecified atom stereocenters. The van der Waals surface area contributed by atoms with E-state index in [4.69, 9.17) is 0 Å². The van der Waals surface area contributed by atoms with Crippen molar-refractivity contribution in [2.45, 2.75) is 44.8 Å². The summed E-state index contributed by atoms with van der Waals surface area (Å²) in [5.74, 6) is 0. The third-order valence-electron chi connectivity index (χ3n) is 4.84. The largest absolute Gasteiger partial charge is 0.391 e. The molecule has 0 amide bonds. The van der Waals surface area contributed by atoms with Crippen LogP contribution in [-0.2, 0) is 0 Å². The van der Waals surface area contributed by atoms with E-state index in [1.54, 1.807) is 0 Å². The van der Waals surface area contributed by atoms with Crippen molar-refractivity contribution in [1.29, 1.82) is 0 Å². The average molecular weight is 274 g/mol. The molecule has 1 heterocycles. The van der Waals surface area contributed by atoms with Crippen molar-refractivity contribution >= 4 is 5.69 Å². The van der Waals surface area contributed by atoms with Gasteiger partial charge in [0, 0.05) is 37.9 Å². The van der Waals surface area contributed by atoms with Crippen molar-refractivity contribution in [3.8, 4) is 0 Å². The van der Waals surface area contributed by atoms with Crippen LogP contribution in [0.5, 0.6) is 0 Å². The third kappa shape index (κ3) is 2.99. The van der Waals surface area contributed by atoms with Crippen LogP contribution in [0.3, 0.4) is 0 Å². The van der Waals surface area contributed by atoms with Crippen LogP contribution in [0, 0.1) is 6.92 Å². The van der Waals surface area contributed by atoms with E-state index < -0.39 is 0 Å². The summed E-state index contributed by atoms with van der Waals surface area (Å²) in [6.07, 6.45) is 4.53. The summed E-state index contributed by atoms with van der Waals surface area (Å²) in [5, 5.41) is 10.2. The first-order chi connectivity index (χ1) is 9.74. The van der Waals surface area contributed by atoms with Gasteiger partial charge in [-0.1, -0.05) is 25.0 Å². The van der Waals surface area contributed by atoms with Gasteiger partial charge in [0.15, 0.2) is 0 Å². The van der Waals surface area contributed by atoms with Gasteiger partial charge in [0.25, 0.3) is 0 Å². The normalized spacial score (nSPS) is 28.6. The van der Waals surface area contributed by atoms with Crippen molar-refractivity contribution < 1.29 is 5.11 Å². The number of hydrogen-bond acceptors (Lipinski definition) is 3. The number of anilines is 1.